The van der Waals surface area contributed by atoms with Gasteiger partial charge in [0.05, 0.1) is 11.6 Å². The zero-order valence-corrected chi connectivity index (χ0v) is 12.1. The highest BCUT2D eigenvalue weighted by molar-refractivity contribution is 14.1. The van der Waals surface area contributed by atoms with Crippen molar-refractivity contribution in [2.24, 2.45) is 0 Å². The first-order valence-electron chi connectivity index (χ1n) is 5.67. The fraction of sp³-hybridized carbons (Fsp3) is 0.909. The maximum Gasteiger partial charge on any atom is 0.410 e. The van der Waals surface area contributed by atoms with Crippen molar-refractivity contribution in [3.63, 3.8) is 0 Å². The Kier molecular flexibility index (Phi) is 3.11. The van der Waals surface area contributed by atoms with Crippen LogP contribution in [0.1, 0.15) is 40.0 Å². The highest BCUT2D eigenvalue weighted by Gasteiger charge is 2.60. The van der Waals surface area contributed by atoms with Gasteiger partial charge in [0.15, 0.2) is 0 Å². The molecule has 0 radical (unpaired) electrons. The second-order valence-corrected chi connectivity index (χ2v) is 6.11. The molecule has 1 spiro atoms. The smallest absolute Gasteiger partial charge is 0.410 e. The van der Waals surface area contributed by atoms with Crippen LogP contribution in [0.2, 0.25) is 0 Å². The fourth-order valence-corrected chi connectivity index (χ4v) is 3.08. The van der Waals surface area contributed by atoms with E-state index in [2.05, 4.69) is 0 Å². The van der Waals surface area contributed by atoms with Gasteiger partial charge in [-0.1, -0.05) is 0 Å². The minimum atomic E-state index is -0.420. The molecular formula is C11H18INO3. The molecule has 0 bridgehead atoms. The van der Waals surface area contributed by atoms with Gasteiger partial charge in [-0.3, -0.25) is 4.90 Å². The van der Waals surface area contributed by atoms with Gasteiger partial charge < -0.3 is 7.80 Å². The number of amides is 1. The molecule has 0 aromatic rings. The van der Waals surface area contributed by atoms with Crippen LogP contribution >= 0.6 is 23.0 Å². The third-order valence-electron chi connectivity index (χ3n) is 3.24. The molecule has 1 aliphatic carbocycles. The lowest BCUT2D eigenvalue weighted by Crippen LogP contribution is -2.44. The zero-order chi connectivity index (χ0) is 12.0. The topological polar surface area (TPSA) is 38.8 Å². The molecule has 92 valence electrons. The Morgan fingerprint density at radius 3 is 2.50 bits per heavy atom. The predicted molar refractivity (Wildman–Crippen MR) is 68.4 cm³/mol. The maximum atomic E-state index is 12.0. The number of halogens is 1. The fourth-order valence-electron chi connectivity index (χ4n) is 2.35. The summed E-state index contributed by atoms with van der Waals surface area (Å²) in [6.07, 6.45) is 2.99. The Labute approximate surface area is 110 Å². The van der Waals surface area contributed by atoms with Crippen molar-refractivity contribution >= 4 is 29.1 Å². The molecule has 16 heavy (non-hydrogen) atoms. The van der Waals surface area contributed by atoms with Crippen LogP contribution < -0.4 is 0 Å². The van der Waals surface area contributed by atoms with E-state index in [1.54, 1.807) is 0 Å². The Bertz CT molecular complexity index is 296. The number of likely N-dealkylation sites (tertiary alicyclic amines) is 1. The average Bonchev–Trinajstić information content (AvgIpc) is 2.78. The van der Waals surface area contributed by atoms with Crippen molar-refractivity contribution < 1.29 is 12.6 Å². The van der Waals surface area contributed by atoms with Gasteiger partial charge >= 0.3 is 6.09 Å². The number of hydrogen-bond donors (Lipinski definition) is 0. The van der Waals surface area contributed by atoms with Crippen LogP contribution in [-0.2, 0) is 7.80 Å². The van der Waals surface area contributed by atoms with E-state index in [0.29, 0.717) is 0 Å². The Morgan fingerprint density at radius 1 is 1.44 bits per heavy atom. The third-order valence-corrected chi connectivity index (χ3v) is 3.85. The molecule has 0 aromatic carbocycles. The van der Waals surface area contributed by atoms with E-state index in [4.69, 9.17) is 7.80 Å². The molecule has 2 fully saturated rings. The molecule has 1 aliphatic heterocycles. The predicted octanol–water partition coefficient (Wildman–Crippen LogP) is 2.90. The Balaban J connectivity index is 2.04. The van der Waals surface area contributed by atoms with Crippen molar-refractivity contribution in [1.29, 1.82) is 0 Å². The van der Waals surface area contributed by atoms with Crippen molar-refractivity contribution in [1.82, 2.24) is 4.90 Å². The molecule has 0 aromatic heterocycles. The molecule has 5 heteroatoms. The van der Waals surface area contributed by atoms with Crippen LogP contribution in [0.5, 0.6) is 0 Å². The van der Waals surface area contributed by atoms with Gasteiger partial charge in [0, 0.05) is 6.54 Å². The van der Waals surface area contributed by atoms with E-state index < -0.39 is 5.60 Å². The summed E-state index contributed by atoms with van der Waals surface area (Å²) in [4.78, 5) is 13.9. The lowest BCUT2D eigenvalue weighted by Gasteiger charge is -2.29. The van der Waals surface area contributed by atoms with Crippen LogP contribution in [0.3, 0.4) is 0 Å². The number of ether oxygens (including phenoxy) is 1. The Hall–Kier alpha value is -0.0400. The summed E-state index contributed by atoms with van der Waals surface area (Å²) >= 11 is 1.94. The summed E-state index contributed by atoms with van der Waals surface area (Å²) in [7, 11) is 0. The number of nitrogens with zero attached hydrogens (tertiary/aromatic N) is 1. The molecule has 2 aliphatic rings. The van der Waals surface area contributed by atoms with Crippen LogP contribution in [0.15, 0.2) is 0 Å². The molecule has 1 saturated carbocycles. The van der Waals surface area contributed by atoms with E-state index >= 15 is 0 Å². The molecule has 2 rings (SSSR count). The van der Waals surface area contributed by atoms with Crippen molar-refractivity contribution in [2.75, 3.05) is 6.54 Å². The molecule has 1 atom stereocenters. The Morgan fingerprint density at radius 2 is 2.06 bits per heavy atom. The first-order chi connectivity index (χ1) is 7.39. The molecule has 0 N–H and O–H groups in total. The number of rotatable bonds is 1. The maximum absolute atomic E-state index is 12.0. The van der Waals surface area contributed by atoms with Gasteiger partial charge in [0.2, 0.25) is 0 Å². The molecule has 4 nitrogen and oxygen atoms in total. The summed E-state index contributed by atoms with van der Waals surface area (Å²) < 4.78 is 10.8. The first kappa shape index (κ1) is 12.4. The number of carbonyl (C=O) groups excluding carboxylic acids is 1. The standard InChI is InChI=1S/C11H18INO3/c1-10(2,3)15-9(14)13-7-4-8(16-12)11(13)5-6-11/h8H,4-7H2,1-3H3. The summed E-state index contributed by atoms with van der Waals surface area (Å²) in [5.41, 5.74) is -0.472. The van der Waals surface area contributed by atoms with Crippen LogP contribution in [0.25, 0.3) is 0 Å². The highest BCUT2D eigenvalue weighted by Crippen LogP contribution is 2.51. The van der Waals surface area contributed by atoms with Crippen LogP contribution in [0.4, 0.5) is 4.79 Å². The van der Waals surface area contributed by atoms with Crippen molar-refractivity contribution in [3.05, 3.63) is 0 Å². The number of carbonyl (C=O) groups is 1. The highest BCUT2D eigenvalue weighted by atomic mass is 127. The van der Waals surface area contributed by atoms with Gasteiger partial charge in [0.25, 0.3) is 0 Å². The summed E-state index contributed by atoms with van der Waals surface area (Å²) in [6, 6.07) is 0. The summed E-state index contributed by atoms with van der Waals surface area (Å²) in [5.74, 6) is 0. The normalized spacial score (nSPS) is 27.2. The SMILES string of the molecule is CC(C)(C)OC(=O)N1CCC(OI)C12CC2. The molecule has 1 heterocycles. The van der Waals surface area contributed by atoms with Gasteiger partial charge in [-0.15, -0.1) is 0 Å². The van der Waals surface area contributed by atoms with Gasteiger partial charge in [-0.05, 0) is 40.0 Å². The summed E-state index contributed by atoms with van der Waals surface area (Å²) in [6.45, 7) is 6.44. The van der Waals surface area contributed by atoms with E-state index in [1.807, 2.05) is 48.7 Å². The average molecular weight is 339 g/mol. The van der Waals surface area contributed by atoms with Gasteiger partial charge in [-0.25, -0.2) is 4.79 Å². The molecule has 1 saturated heterocycles. The minimum Gasteiger partial charge on any atom is -0.444 e. The molecular weight excluding hydrogens is 321 g/mol. The number of hydrogen-bond acceptors (Lipinski definition) is 3. The third kappa shape index (κ3) is 2.16. The van der Waals surface area contributed by atoms with Crippen molar-refractivity contribution in [3.8, 4) is 0 Å². The van der Waals surface area contributed by atoms with Crippen molar-refractivity contribution in [2.45, 2.75) is 57.3 Å². The molecule has 1 unspecified atom stereocenters. The van der Waals surface area contributed by atoms with E-state index in [-0.39, 0.29) is 17.7 Å². The van der Waals surface area contributed by atoms with E-state index in [1.165, 1.54) is 0 Å². The van der Waals surface area contributed by atoms with Crippen LogP contribution in [0, 0.1) is 0 Å². The zero-order valence-electron chi connectivity index (χ0n) is 9.96. The van der Waals surface area contributed by atoms with E-state index in [9.17, 15) is 4.79 Å². The molecule has 1 amide bonds. The largest absolute Gasteiger partial charge is 0.444 e. The quantitative estimate of drug-likeness (QED) is 0.690. The monoisotopic (exact) mass is 339 g/mol. The van der Waals surface area contributed by atoms with Crippen LogP contribution in [-0.4, -0.2) is 34.8 Å². The first-order valence-corrected chi connectivity index (χ1v) is 6.55. The summed E-state index contributed by atoms with van der Waals surface area (Å²) in [5, 5.41) is 0. The minimum absolute atomic E-state index is 0.0521. The lowest BCUT2D eigenvalue weighted by atomic mass is 10.1. The van der Waals surface area contributed by atoms with Gasteiger partial charge in [0.1, 0.15) is 28.6 Å². The second-order valence-electron chi connectivity index (χ2n) is 5.60. The lowest BCUT2D eigenvalue weighted by molar-refractivity contribution is 0.0156. The second kappa shape index (κ2) is 4.01. The van der Waals surface area contributed by atoms with Gasteiger partial charge in [-0.2, -0.15) is 0 Å². The van der Waals surface area contributed by atoms with E-state index in [0.717, 1.165) is 25.8 Å².